The largest absolute Gasteiger partial charge is 0.465 e. The lowest BCUT2D eigenvalue weighted by Crippen LogP contribution is -2.19. The lowest BCUT2D eigenvalue weighted by molar-refractivity contribution is -0.115. The molecule has 33 heavy (non-hydrogen) atoms. The van der Waals surface area contributed by atoms with Gasteiger partial charge in [-0.3, -0.25) is 4.79 Å². The van der Waals surface area contributed by atoms with E-state index < -0.39 is 0 Å². The maximum atomic E-state index is 12.6. The van der Waals surface area contributed by atoms with E-state index in [2.05, 4.69) is 14.9 Å². The number of nitrogens with one attached hydrogen (secondary N) is 1. The molecule has 0 bridgehead atoms. The molecule has 1 aliphatic heterocycles. The summed E-state index contributed by atoms with van der Waals surface area (Å²) >= 11 is 1.32. The van der Waals surface area contributed by atoms with Gasteiger partial charge in [-0.15, -0.1) is 0 Å². The van der Waals surface area contributed by atoms with E-state index in [1.807, 2.05) is 76.2 Å². The molecule has 2 heterocycles. The molecule has 0 saturated carbocycles. The molecule has 168 valence electrons. The first-order valence-electron chi connectivity index (χ1n) is 10.5. The Morgan fingerprint density at radius 3 is 2.48 bits per heavy atom. The number of aryl methyl sites for hydroxylation is 3. The van der Waals surface area contributed by atoms with E-state index in [4.69, 9.17) is 4.74 Å². The summed E-state index contributed by atoms with van der Waals surface area (Å²) in [5.41, 5.74) is 7.29. The van der Waals surface area contributed by atoms with Crippen molar-refractivity contribution in [2.45, 2.75) is 27.7 Å². The zero-order valence-corrected chi connectivity index (χ0v) is 20.0. The molecule has 1 fully saturated rings. The number of amidine groups is 1. The molecule has 0 spiro atoms. The molecule has 0 aliphatic carbocycles. The van der Waals surface area contributed by atoms with Crippen LogP contribution < -0.4 is 5.32 Å². The van der Waals surface area contributed by atoms with Crippen molar-refractivity contribution < 1.29 is 14.3 Å². The molecule has 0 unspecified atom stereocenters. The second kappa shape index (κ2) is 9.11. The maximum absolute atomic E-state index is 12.6. The molecule has 0 radical (unpaired) electrons. The van der Waals surface area contributed by atoms with Crippen LogP contribution in [0.15, 0.2) is 58.4 Å². The molecule has 0 atom stereocenters. The number of nitrogens with zero attached hydrogens (tertiary/aromatic N) is 2. The summed E-state index contributed by atoms with van der Waals surface area (Å²) in [6.07, 6.45) is 1.88. The summed E-state index contributed by atoms with van der Waals surface area (Å²) in [5.74, 6) is -0.542. The van der Waals surface area contributed by atoms with Crippen LogP contribution in [0.1, 0.15) is 38.4 Å². The molecule has 4 rings (SSSR count). The van der Waals surface area contributed by atoms with Gasteiger partial charge in [0.05, 0.1) is 23.3 Å². The summed E-state index contributed by atoms with van der Waals surface area (Å²) in [4.78, 5) is 29.7. The van der Waals surface area contributed by atoms with Gasteiger partial charge in [0.15, 0.2) is 5.17 Å². The quantitative estimate of drug-likeness (QED) is 0.419. The minimum absolute atomic E-state index is 0.167. The number of esters is 1. The van der Waals surface area contributed by atoms with E-state index in [9.17, 15) is 9.59 Å². The topological polar surface area (TPSA) is 72.7 Å². The summed E-state index contributed by atoms with van der Waals surface area (Å²) in [6.45, 7) is 8.03. The van der Waals surface area contributed by atoms with Gasteiger partial charge in [0.1, 0.15) is 0 Å². The Morgan fingerprint density at radius 1 is 1.06 bits per heavy atom. The number of rotatable bonds is 4. The molecule has 1 N–H and O–H groups in total. The van der Waals surface area contributed by atoms with Crippen LogP contribution in [-0.4, -0.2) is 28.7 Å². The number of aliphatic imine (C=N–C) groups is 1. The van der Waals surface area contributed by atoms with Crippen molar-refractivity contribution in [3.63, 3.8) is 0 Å². The summed E-state index contributed by atoms with van der Waals surface area (Å²) in [7, 11) is 1.37. The highest BCUT2D eigenvalue weighted by atomic mass is 32.2. The van der Waals surface area contributed by atoms with Gasteiger partial charge < -0.3 is 14.6 Å². The lowest BCUT2D eigenvalue weighted by Gasteiger charge is -2.14. The normalized spacial score (nSPS) is 15.8. The monoisotopic (exact) mass is 459 g/mol. The second-order valence-corrected chi connectivity index (χ2v) is 9.00. The predicted molar refractivity (Wildman–Crippen MR) is 133 cm³/mol. The molecule has 1 aromatic heterocycles. The van der Waals surface area contributed by atoms with Gasteiger partial charge >= 0.3 is 5.97 Å². The van der Waals surface area contributed by atoms with Crippen LogP contribution in [0.25, 0.3) is 11.8 Å². The van der Waals surface area contributed by atoms with Gasteiger partial charge in [-0.25, -0.2) is 9.79 Å². The first-order valence-corrected chi connectivity index (χ1v) is 11.3. The van der Waals surface area contributed by atoms with Crippen LogP contribution in [0.4, 0.5) is 5.69 Å². The number of hydrogen-bond acceptors (Lipinski definition) is 5. The number of thioether (sulfide) groups is 1. The fourth-order valence-corrected chi connectivity index (χ4v) is 4.59. The van der Waals surface area contributed by atoms with E-state index in [0.717, 1.165) is 39.5 Å². The van der Waals surface area contributed by atoms with Crippen LogP contribution >= 0.6 is 11.8 Å². The van der Waals surface area contributed by atoms with Crippen molar-refractivity contribution in [3.05, 3.63) is 87.1 Å². The van der Waals surface area contributed by atoms with Crippen LogP contribution in [0.2, 0.25) is 0 Å². The van der Waals surface area contributed by atoms with Crippen molar-refractivity contribution in [3.8, 4) is 5.69 Å². The number of methoxy groups -OCH3 is 1. The summed E-state index contributed by atoms with van der Waals surface area (Å²) < 4.78 is 6.97. The SMILES string of the molecule is COC(=O)c1ccc(C)c(-n2c(C)cc(/C=C3/SC(=Nc4ccc(C)cc4)NC3=O)c2C)c1. The Morgan fingerprint density at radius 2 is 1.79 bits per heavy atom. The Bertz CT molecular complexity index is 1320. The van der Waals surface area contributed by atoms with Crippen molar-refractivity contribution >= 4 is 40.6 Å². The van der Waals surface area contributed by atoms with Gasteiger partial charge in [-0.1, -0.05) is 23.8 Å². The van der Waals surface area contributed by atoms with E-state index in [1.54, 1.807) is 6.07 Å². The van der Waals surface area contributed by atoms with E-state index in [-0.39, 0.29) is 11.9 Å². The van der Waals surface area contributed by atoms with Crippen LogP contribution in [-0.2, 0) is 9.53 Å². The Hall–Kier alpha value is -3.58. The Balaban J connectivity index is 1.67. The Kier molecular flexibility index (Phi) is 6.24. The number of hydrogen-bond donors (Lipinski definition) is 1. The molecule has 6 nitrogen and oxygen atoms in total. The zero-order chi connectivity index (χ0) is 23.7. The average molecular weight is 460 g/mol. The summed E-state index contributed by atoms with van der Waals surface area (Å²) in [6, 6.07) is 15.4. The molecule has 1 amide bonds. The molecule has 7 heteroatoms. The van der Waals surface area contributed by atoms with Crippen LogP contribution in [0.5, 0.6) is 0 Å². The smallest absolute Gasteiger partial charge is 0.337 e. The van der Waals surface area contributed by atoms with Crippen molar-refractivity contribution in [2.75, 3.05) is 7.11 Å². The predicted octanol–water partition coefficient (Wildman–Crippen LogP) is 5.39. The standard InChI is InChI=1S/C26H25N3O3S/c1-15-6-10-21(11-7-15)27-26-28-24(30)23(33-26)14-20-12-17(3)29(18(20)4)22-13-19(25(31)32-5)9-8-16(22)2/h6-14H,1-5H3,(H,27,28,30)/b23-14+. The Labute approximate surface area is 197 Å². The molecule has 1 aliphatic rings. The highest BCUT2D eigenvalue weighted by molar-refractivity contribution is 8.18. The van der Waals surface area contributed by atoms with Gasteiger partial charge in [-0.2, -0.15) is 0 Å². The van der Waals surface area contributed by atoms with Crippen molar-refractivity contribution in [1.29, 1.82) is 0 Å². The first kappa shape index (κ1) is 22.6. The molecular formula is C26H25N3O3S. The zero-order valence-electron chi connectivity index (χ0n) is 19.2. The number of carbonyl (C=O) groups is 2. The van der Waals surface area contributed by atoms with E-state index in [1.165, 1.54) is 18.9 Å². The van der Waals surface area contributed by atoms with Crippen molar-refractivity contribution in [2.24, 2.45) is 4.99 Å². The molecule has 1 saturated heterocycles. The first-order chi connectivity index (χ1) is 15.8. The number of ether oxygens (including phenoxy) is 1. The molecule has 2 aromatic carbocycles. The van der Waals surface area contributed by atoms with Crippen LogP contribution in [0, 0.1) is 27.7 Å². The second-order valence-electron chi connectivity index (χ2n) is 7.97. The highest BCUT2D eigenvalue weighted by Crippen LogP contribution is 2.31. The fourth-order valence-electron chi connectivity index (χ4n) is 3.76. The average Bonchev–Trinajstić information content (AvgIpc) is 3.27. The number of benzene rings is 2. The summed E-state index contributed by atoms with van der Waals surface area (Å²) in [5, 5.41) is 3.40. The lowest BCUT2D eigenvalue weighted by atomic mass is 10.1. The minimum atomic E-state index is -0.375. The maximum Gasteiger partial charge on any atom is 0.337 e. The molecule has 3 aromatic rings. The van der Waals surface area contributed by atoms with Crippen LogP contribution in [0.3, 0.4) is 0 Å². The minimum Gasteiger partial charge on any atom is -0.465 e. The van der Waals surface area contributed by atoms with Crippen molar-refractivity contribution in [1.82, 2.24) is 9.88 Å². The highest BCUT2D eigenvalue weighted by Gasteiger charge is 2.25. The molecular weight excluding hydrogens is 434 g/mol. The van der Waals surface area contributed by atoms with Gasteiger partial charge in [0.25, 0.3) is 5.91 Å². The van der Waals surface area contributed by atoms with Gasteiger partial charge in [-0.05, 0) is 87.0 Å². The van der Waals surface area contributed by atoms with Gasteiger partial charge in [0, 0.05) is 17.1 Å². The third kappa shape index (κ3) is 4.64. The van der Waals surface area contributed by atoms with Gasteiger partial charge in [0.2, 0.25) is 0 Å². The number of amides is 1. The number of carbonyl (C=O) groups excluding carboxylic acids is 2. The fraction of sp³-hybridized carbons (Fsp3) is 0.192. The van der Waals surface area contributed by atoms with E-state index >= 15 is 0 Å². The third-order valence-corrected chi connectivity index (χ3v) is 6.45. The van der Waals surface area contributed by atoms with E-state index in [0.29, 0.717) is 15.6 Å². The third-order valence-electron chi connectivity index (χ3n) is 5.54. The number of aromatic nitrogens is 1.